The molecule has 128 valence electrons. The van der Waals surface area contributed by atoms with E-state index in [4.69, 9.17) is 0 Å². The summed E-state index contributed by atoms with van der Waals surface area (Å²) >= 11 is 0. The molecule has 0 bridgehead atoms. The van der Waals surface area contributed by atoms with Crippen molar-refractivity contribution in [3.63, 3.8) is 0 Å². The third-order valence-corrected chi connectivity index (χ3v) is 4.66. The summed E-state index contributed by atoms with van der Waals surface area (Å²) in [4.78, 5) is 18.8. The van der Waals surface area contributed by atoms with Gasteiger partial charge in [-0.15, -0.1) is 0 Å². The molecule has 3 heterocycles. The Morgan fingerprint density at radius 2 is 2.12 bits per heavy atom. The molecule has 0 spiro atoms. The molecule has 0 saturated heterocycles. The van der Waals surface area contributed by atoms with Gasteiger partial charge in [-0.25, -0.2) is 14.3 Å². The molecule has 2 aromatic heterocycles. The van der Waals surface area contributed by atoms with E-state index in [9.17, 15) is 4.79 Å². The van der Waals surface area contributed by atoms with Crippen molar-refractivity contribution >= 4 is 5.91 Å². The van der Waals surface area contributed by atoms with Gasteiger partial charge in [-0.1, -0.05) is 12.1 Å². The fraction of sp³-hybridized carbons (Fsp3) is 0.333. The first-order chi connectivity index (χ1) is 12.2. The van der Waals surface area contributed by atoms with Gasteiger partial charge in [0.1, 0.15) is 12.2 Å². The van der Waals surface area contributed by atoms with Crippen LogP contribution in [0.15, 0.2) is 49.1 Å². The molecule has 1 atom stereocenters. The minimum absolute atomic E-state index is 0.0254. The monoisotopic (exact) mass is 336 g/mol. The lowest BCUT2D eigenvalue weighted by atomic mass is 9.98. The van der Waals surface area contributed by atoms with E-state index >= 15 is 0 Å². The predicted octanol–water partition coefficient (Wildman–Crippen LogP) is 1.68. The van der Waals surface area contributed by atoms with E-state index in [1.54, 1.807) is 17.4 Å². The number of benzene rings is 1. The van der Waals surface area contributed by atoms with E-state index in [-0.39, 0.29) is 11.8 Å². The molecular formula is C18H20N6O. The van der Waals surface area contributed by atoms with Crippen molar-refractivity contribution in [3.8, 4) is 5.69 Å². The van der Waals surface area contributed by atoms with Crippen molar-refractivity contribution in [2.45, 2.75) is 25.9 Å². The molecule has 0 fully saturated rings. The Balaban J connectivity index is 1.40. The van der Waals surface area contributed by atoms with Gasteiger partial charge >= 0.3 is 0 Å². The summed E-state index contributed by atoms with van der Waals surface area (Å²) in [7, 11) is 1.86. The summed E-state index contributed by atoms with van der Waals surface area (Å²) in [6, 6.07) is 10.0. The highest BCUT2D eigenvalue weighted by molar-refractivity contribution is 5.78. The quantitative estimate of drug-likeness (QED) is 0.727. The van der Waals surface area contributed by atoms with Gasteiger partial charge in [-0.2, -0.15) is 10.2 Å². The largest absolute Gasteiger partial charge is 0.341 e. The molecule has 0 N–H and O–H groups in total. The van der Waals surface area contributed by atoms with Crippen LogP contribution in [-0.4, -0.2) is 42.4 Å². The molecule has 7 heteroatoms. The third kappa shape index (κ3) is 3.17. The van der Waals surface area contributed by atoms with Crippen molar-refractivity contribution in [2.24, 2.45) is 5.92 Å². The minimum atomic E-state index is -0.0254. The second kappa shape index (κ2) is 6.51. The lowest BCUT2D eigenvalue weighted by Crippen LogP contribution is -2.37. The number of nitrogens with zero attached hydrogens (tertiary/aromatic N) is 6. The van der Waals surface area contributed by atoms with Crippen molar-refractivity contribution in [3.05, 3.63) is 60.4 Å². The van der Waals surface area contributed by atoms with Gasteiger partial charge in [0.15, 0.2) is 0 Å². The zero-order valence-corrected chi connectivity index (χ0v) is 14.1. The van der Waals surface area contributed by atoms with Gasteiger partial charge < -0.3 is 4.90 Å². The average Bonchev–Trinajstić information content (AvgIpc) is 3.32. The van der Waals surface area contributed by atoms with E-state index < -0.39 is 0 Å². The molecule has 1 unspecified atom stereocenters. The summed E-state index contributed by atoms with van der Waals surface area (Å²) < 4.78 is 3.66. The standard InChI is InChI=1S/C18H20N6O/c1-22(18(25)15-5-8-17-19-13-21-24(17)12-15)11-14-3-6-16(7-4-14)23-10-2-9-20-23/h2-4,6-7,9-10,13,15H,5,8,11-12H2,1H3. The molecule has 4 rings (SSSR count). The molecule has 1 aromatic carbocycles. The summed E-state index contributed by atoms with van der Waals surface area (Å²) in [6.45, 7) is 1.22. The van der Waals surface area contributed by atoms with Crippen LogP contribution in [0, 0.1) is 5.92 Å². The first kappa shape index (κ1) is 15.6. The molecule has 1 aliphatic rings. The van der Waals surface area contributed by atoms with E-state index in [1.165, 1.54) is 0 Å². The number of carbonyl (C=O) groups is 1. The summed E-state index contributed by atoms with van der Waals surface area (Å²) in [5.41, 5.74) is 2.11. The van der Waals surface area contributed by atoms with Crippen LogP contribution in [0.3, 0.4) is 0 Å². The molecule has 25 heavy (non-hydrogen) atoms. The topological polar surface area (TPSA) is 68.8 Å². The highest BCUT2D eigenvalue weighted by Crippen LogP contribution is 2.20. The maximum Gasteiger partial charge on any atom is 0.227 e. The van der Waals surface area contributed by atoms with Crippen LogP contribution in [0.4, 0.5) is 0 Å². The highest BCUT2D eigenvalue weighted by atomic mass is 16.2. The fourth-order valence-electron chi connectivity index (χ4n) is 3.28. The Kier molecular flexibility index (Phi) is 4.05. The first-order valence-electron chi connectivity index (χ1n) is 8.41. The van der Waals surface area contributed by atoms with E-state index in [0.29, 0.717) is 13.1 Å². The summed E-state index contributed by atoms with van der Waals surface area (Å²) in [6.07, 6.45) is 6.87. The number of fused-ring (bicyclic) bond motifs is 1. The summed E-state index contributed by atoms with van der Waals surface area (Å²) in [5.74, 6) is 1.11. The van der Waals surface area contributed by atoms with Crippen LogP contribution in [-0.2, 0) is 24.3 Å². The number of aryl methyl sites for hydroxylation is 1. The number of hydrogen-bond acceptors (Lipinski definition) is 4. The molecule has 7 nitrogen and oxygen atoms in total. The van der Waals surface area contributed by atoms with Gasteiger partial charge in [-0.3, -0.25) is 4.79 Å². The molecule has 1 amide bonds. The zero-order chi connectivity index (χ0) is 17.2. The van der Waals surface area contributed by atoms with Crippen LogP contribution in [0.2, 0.25) is 0 Å². The van der Waals surface area contributed by atoms with Crippen molar-refractivity contribution in [2.75, 3.05) is 7.05 Å². The van der Waals surface area contributed by atoms with Gasteiger partial charge in [0.05, 0.1) is 18.2 Å². The lowest BCUT2D eigenvalue weighted by Gasteiger charge is -2.26. The molecule has 1 aliphatic heterocycles. The van der Waals surface area contributed by atoms with E-state index in [2.05, 4.69) is 15.2 Å². The smallest absolute Gasteiger partial charge is 0.227 e. The minimum Gasteiger partial charge on any atom is -0.341 e. The Bertz CT molecular complexity index is 852. The van der Waals surface area contributed by atoms with Crippen molar-refractivity contribution in [1.29, 1.82) is 0 Å². The molecule has 3 aromatic rings. The number of amides is 1. The molecule has 0 aliphatic carbocycles. The van der Waals surface area contributed by atoms with E-state index in [1.807, 2.05) is 52.9 Å². The first-order valence-corrected chi connectivity index (χ1v) is 8.41. The van der Waals surface area contributed by atoms with Crippen molar-refractivity contribution in [1.82, 2.24) is 29.4 Å². The summed E-state index contributed by atoms with van der Waals surface area (Å²) in [5, 5.41) is 8.41. The van der Waals surface area contributed by atoms with Crippen LogP contribution >= 0.6 is 0 Å². The van der Waals surface area contributed by atoms with Crippen LogP contribution in [0.25, 0.3) is 5.69 Å². The number of rotatable bonds is 4. The lowest BCUT2D eigenvalue weighted by molar-refractivity contribution is -0.135. The van der Waals surface area contributed by atoms with Crippen LogP contribution in [0.5, 0.6) is 0 Å². The second-order valence-electron chi connectivity index (χ2n) is 6.41. The molecule has 0 saturated carbocycles. The second-order valence-corrected chi connectivity index (χ2v) is 6.41. The number of carbonyl (C=O) groups excluding carboxylic acids is 1. The number of aromatic nitrogens is 5. The van der Waals surface area contributed by atoms with Gasteiger partial charge in [0.25, 0.3) is 0 Å². The van der Waals surface area contributed by atoms with Gasteiger partial charge in [-0.05, 0) is 30.2 Å². The van der Waals surface area contributed by atoms with Gasteiger partial charge in [0.2, 0.25) is 5.91 Å². The number of hydrogen-bond donors (Lipinski definition) is 0. The predicted molar refractivity (Wildman–Crippen MR) is 91.9 cm³/mol. The average molecular weight is 336 g/mol. The third-order valence-electron chi connectivity index (χ3n) is 4.66. The maximum atomic E-state index is 12.7. The fourth-order valence-corrected chi connectivity index (χ4v) is 3.28. The van der Waals surface area contributed by atoms with Crippen molar-refractivity contribution < 1.29 is 4.79 Å². The Hall–Kier alpha value is -2.96. The van der Waals surface area contributed by atoms with Crippen LogP contribution < -0.4 is 0 Å². The normalized spacial score (nSPS) is 16.4. The SMILES string of the molecule is CN(Cc1ccc(-n2cccn2)cc1)C(=O)C1CCc2ncnn2C1. The zero-order valence-electron chi connectivity index (χ0n) is 14.1. The highest BCUT2D eigenvalue weighted by Gasteiger charge is 2.27. The molecular weight excluding hydrogens is 316 g/mol. The van der Waals surface area contributed by atoms with Crippen LogP contribution in [0.1, 0.15) is 17.8 Å². The Morgan fingerprint density at radius 3 is 2.88 bits per heavy atom. The Morgan fingerprint density at radius 1 is 1.28 bits per heavy atom. The maximum absolute atomic E-state index is 12.7. The Labute approximate surface area is 145 Å². The molecule has 0 radical (unpaired) electrons. The van der Waals surface area contributed by atoms with Gasteiger partial charge in [0, 0.05) is 32.4 Å². The van der Waals surface area contributed by atoms with E-state index in [0.717, 1.165) is 29.9 Å².